The fraction of sp³-hybridized carbons (Fsp3) is 0.300. The molecule has 0 spiro atoms. The van der Waals surface area contributed by atoms with Crippen LogP contribution in [0, 0.1) is 0 Å². The summed E-state index contributed by atoms with van der Waals surface area (Å²) in [5.74, 6) is -0.444. The van der Waals surface area contributed by atoms with E-state index in [2.05, 4.69) is 14.7 Å². The second-order valence-corrected chi connectivity index (χ2v) is 2.86. The van der Waals surface area contributed by atoms with Gasteiger partial charge < -0.3 is 4.74 Å². The molecule has 5 nitrogen and oxygen atoms in total. The van der Waals surface area contributed by atoms with Crippen LogP contribution in [0.3, 0.4) is 0 Å². The standard InChI is InChI=1S/C10H10N2O3/c1-7(12-6-13)9-4-3-8(5-11-9)10(14)15-2/h3-5,7H,1-2H3. The molecule has 0 saturated carbocycles. The molecule has 0 aliphatic carbocycles. The van der Waals surface area contributed by atoms with Gasteiger partial charge in [-0.3, -0.25) is 4.98 Å². The van der Waals surface area contributed by atoms with E-state index in [1.54, 1.807) is 19.1 Å². The lowest BCUT2D eigenvalue weighted by Crippen LogP contribution is -2.03. The molecule has 78 valence electrons. The molecule has 0 aromatic carbocycles. The van der Waals surface area contributed by atoms with Crippen LogP contribution >= 0.6 is 0 Å². The van der Waals surface area contributed by atoms with Crippen LogP contribution in [-0.4, -0.2) is 24.1 Å². The van der Waals surface area contributed by atoms with Crippen molar-refractivity contribution in [2.24, 2.45) is 4.99 Å². The van der Waals surface area contributed by atoms with Crippen LogP contribution in [0.2, 0.25) is 0 Å². The minimum Gasteiger partial charge on any atom is -0.465 e. The van der Waals surface area contributed by atoms with Crippen molar-refractivity contribution in [3.05, 3.63) is 29.6 Å². The number of pyridine rings is 1. The van der Waals surface area contributed by atoms with Crippen LogP contribution in [0.4, 0.5) is 0 Å². The average Bonchev–Trinajstić information content (AvgIpc) is 2.28. The Labute approximate surface area is 86.8 Å². The van der Waals surface area contributed by atoms with Gasteiger partial charge in [0.25, 0.3) is 0 Å². The Balaban J connectivity index is 2.89. The largest absolute Gasteiger partial charge is 0.465 e. The summed E-state index contributed by atoms with van der Waals surface area (Å²) in [5.41, 5.74) is 0.967. The third kappa shape index (κ3) is 2.72. The third-order valence-corrected chi connectivity index (χ3v) is 1.88. The molecule has 1 atom stereocenters. The number of isocyanates is 1. The molecule has 15 heavy (non-hydrogen) atoms. The number of aliphatic imine (C=N–C) groups is 1. The molecule has 0 fully saturated rings. The Morgan fingerprint density at radius 3 is 2.80 bits per heavy atom. The lowest BCUT2D eigenvalue weighted by atomic mass is 10.2. The summed E-state index contributed by atoms with van der Waals surface area (Å²) in [6.07, 6.45) is 2.84. The molecular weight excluding hydrogens is 196 g/mol. The molecule has 1 aromatic heterocycles. The molecular formula is C10H10N2O3. The number of carbonyl (C=O) groups is 1. The van der Waals surface area contributed by atoms with Crippen LogP contribution in [0.15, 0.2) is 23.3 Å². The SMILES string of the molecule is COC(=O)c1ccc(C(C)N=C=O)nc1. The summed E-state index contributed by atoms with van der Waals surface area (Å²) in [6.45, 7) is 1.71. The zero-order valence-corrected chi connectivity index (χ0v) is 8.43. The zero-order chi connectivity index (χ0) is 11.3. The van der Waals surface area contributed by atoms with Crippen LogP contribution in [0.1, 0.15) is 29.0 Å². The van der Waals surface area contributed by atoms with E-state index in [0.717, 1.165) is 0 Å². The van der Waals surface area contributed by atoms with E-state index in [4.69, 9.17) is 0 Å². The minimum atomic E-state index is -0.444. The third-order valence-electron chi connectivity index (χ3n) is 1.88. The van der Waals surface area contributed by atoms with Gasteiger partial charge in [0.1, 0.15) is 6.04 Å². The second-order valence-electron chi connectivity index (χ2n) is 2.86. The summed E-state index contributed by atoms with van der Waals surface area (Å²) in [7, 11) is 1.30. The zero-order valence-electron chi connectivity index (χ0n) is 8.43. The summed E-state index contributed by atoms with van der Waals surface area (Å²) in [5, 5.41) is 0. The summed E-state index contributed by atoms with van der Waals surface area (Å²) < 4.78 is 4.52. The predicted molar refractivity (Wildman–Crippen MR) is 52.1 cm³/mol. The number of ether oxygens (including phenoxy) is 1. The topological polar surface area (TPSA) is 68.6 Å². The molecule has 1 unspecified atom stereocenters. The normalized spacial score (nSPS) is 11.3. The van der Waals surface area contributed by atoms with E-state index in [9.17, 15) is 9.59 Å². The molecule has 1 heterocycles. The monoisotopic (exact) mass is 206 g/mol. The number of aromatic nitrogens is 1. The maximum Gasteiger partial charge on any atom is 0.339 e. The van der Waals surface area contributed by atoms with Crippen molar-refractivity contribution in [1.82, 2.24) is 4.98 Å². The highest BCUT2D eigenvalue weighted by Gasteiger charge is 2.08. The number of hydrogen-bond acceptors (Lipinski definition) is 5. The molecule has 0 N–H and O–H groups in total. The fourth-order valence-corrected chi connectivity index (χ4v) is 1.04. The van der Waals surface area contributed by atoms with Crippen LogP contribution in [-0.2, 0) is 9.53 Å². The lowest BCUT2D eigenvalue weighted by molar-refractivity contribution is 0.0600. The van der Waals surface area contributed by atoms with Crippen LogP contribution in [0.5, 0.6) is 0 Å². The molecule has 0 bridgehead atoms. The van der Waals surface area contributed by atoms with Crippen molar-refractivity contribution < 1.29 is 14.3 Å². The van der Waals surface area contributed by atoms with Crippen molar-refractivity contribution in [2.45, 2.75) is 13.0 Å². The van der Waals surface area contributed by atoms with Crippen molar-refractivity contribution in [1.29, 1.82) is 0 Å². The summed E-state index contributed by atoms with van der Waals surface area (Å²) in [4.78, 5) is 28.6. The molecule has 0 aliphatic rings. The van der Waals surface area contributed by atoms with Gasteiger partial charge >= 0.3 is 5.97 Å². The first kappa shape index (κ1) is 11.1. The van der Waals surface area contributed by atoms with Gasteiger partial charge in [0.2, 0.25) is 6.08 Å². The number of nitrogens with zero attached hydrogens (tertiary/aromatic N) is 2. The molecule has 0 radical (unpaired) electrons. The first-order chi connectivity index (χ1) is 7.19. The highest BCUT2D eigenvalue weighted by Crippen LogP contribution is 2.13. The second kappa shape index (κ2) is 5.02. The maximum atomic E-state index is 11.1. The van der Waals surface area contributed by atoms with Gasteiger partial charge in [-0.25, -0.2) is 9.59 Å². The number of esters is 1. The van der Waals surface area contributed by atoms with Gasteiger partial charge in [0, 0.05) is 6.20 Å². The number of hydrogen-bond donors (Lipinski definition) is 0. The highest BCUT2D eigenvalue weighted by atomic mass is 16.5. The van der Waals surface area contributed by atoms with Gasteiger partial charge in [-0.05, 0) is 19.1 Å². The van der Waals surface area contributed by atoms with E-state index in [0.29, 0.717) is 11.3 Å². The van der Waals surface area contributed by atoms with Gasteiger partial charge in [-0.15, -0.1) is 0 Å². The quantitative estimate of drug-likeness (QED) is 0.424. The summed E-state index contributed by atoms with van der Waals surface area (Å²) >= 11 is 0. The van der Waals surface area contributed by atoms with E-state index in [1.807, 2.05) is 0 Å². The Kier molecular flexibility index (Phi) is 3.71. The first-order valence-corrected chi connectivity index (χ1v) is 4.30. The van der Waals surface area contributed by atoms with Gasteiger partial charge in [-0.1, -0.05) is 0 Å². The predicted octanol–water partition coefficient (Wildman–Crippen LogP) is 1.26. The van der Waals surface area contributed by atoms with Crippen molar-refractivity contribution in [2.75, 3.05) is 7.11 Å². The lowest BCUT2D eigenvalue weighted by Gasteiger charge is -2.03. The fourth-order valence-electron chi connectivity index (χ4n) is 1.04. The Bertz CT molecular complexity index is 394. The maximum absolute atomic E-state index is 11.1. The van der Waals surface area contributed by atoms with Gasteiger partial charge in [-0.2, -0.15) is 4.99 Å². The molecule has 0 aliphatic heterocycles. The average molecular weight is 206 g/mol. The van der Waals surface area contributed by atoms with Crippen molar-refractivity contribution >= 4 is 12.0 Å². The van der Waals surface area contributed by atoms with E-state index in [-0.39, 0.29) is 6.04 Å². The summed E-state index contributed by atoms with van der Waals surface area (Å²) in [6, 6.07) is 2.84. The van der Waals surface area contributed by atoms with E-state index >= 15 is 0 Å². The van der Waals surface area contributed by atoms with Crippen molar-refractivity contribution in [3.63, 3.8) is 0 Å². The Morgan fingerprint density at radius 1 is 1.60 bits per heavy atom. The first-order valence-electron chi connectivity index (χ1n) is 4.30. The van der Waals surface area contributed by atoms with E-state index in [1.165, 1.54) is 19.4 Å². The van der Waals surface area contributed by atoms with Gasteiger partial charge in [0.05, 0.1) is 18.4 Å². The smallest absolute Gasteiger partial charge is 0.339 e. The molecule has 0 amide bonds. The molecule has 0 saturated heterocycles. The van der Waals surface area contributed by atoms with Crippen molar-refractivity contribution in [3.8, 4) is 0 Å². The van der Waals surface area contributed by atoms with Gasteiger partial charge in [0.15, 0.2) is 0 Å². The van der Waals surface area contributed by atoms with Crippen LogP contribution < -0.4 is 0 Å². The highest BCUT2D eigenvalue weighted by molar-refractivity contribution is 5.88. The van der Waals surface area contributed by atoms with Crippen LogP contribution in [0.25, 0.3) is 0 Å². The van der Waals surface area contributed by atoms with E-state index < -0.39 is 5.97 Å². The number of rotatable bonds is 3. The molecule has 1 aromatic rings. The Morgan fingerprint density at radius 2 is 2.33 bits per heavy atom. The minimum absolute atomic E-state index is 0.353. The Hall–Kier alpha value is -2.00. The number of methoxy groups -OCH3 is 1. The number of carbonyl (C=O) groups excluding carboxylic acids is 2. The molecule has 1 rings (SSSR count). The molecule has 5 heteroatoms.